The molecule has 0 aliphatic carbocycles. The minimum atomic E-state index is -0.155. The predicted octanol–water partition coefficient (Wildman–Crippen LogP) is 4.24. The summed E-state index contributed by atoms with van der Waals surface area (Å²) < 4.78 is 6.62. The molecule has 1 spiro atoms. The molecule has 2 aromatic rings. The zero-order valence-electron chi connectivity index (χ0n) is 18.2. The lowest BCUT2D eigenvalue weighted by molar-refractivity contribution is -0.131. The SMILES string of the molecule is CCN(CC)C(=O)C[C@H]1CC2(CCN(Cc3ccncc3)CC2)Oc2ccccc21. The Morgan fingerprint density at radius 1 is 1.13 bits per heavy atom. The number of rotatable bonds is 6. The molecule has 1 fully saturated rings. The maximum atomic E-state index is 12.9. The van der Waals surface area contributed by atoms with E-state index in [1.165, 1.54) is 11.1 Å². The zero-order valence-corrected chi connectivity index (χ0v) is 18.2. The van der Waals surface area contributed by atoms with Crippen molar-refractivity contribution in [1.82, 2.24) is 14.8 Å². The molecule has 0 bridgehead atoms. The van der Waals surface area contributed by atoms with Crippen LogP contribution >= 0.6 is 0 Å². The number of ether oxygens (including phenoxy) is 1. The second-order valence-corrected chi connectivity index (χ2v) is 8.63. The highest BCUT2D eigenvalue weighted by atomic mass is 16.5. The summed E-state index contributed by atoms with van der Waals surface area (Å²) in [5, 5.41) is 0. The van der Waals surface area contributed by atoms with Crippen molar-refractivity contribution < 1.29 is 9.53 Å². The van der Waals surface area contributed by atoms with Gasteiger partial charge in [0.15, 0.2) is 0 Å². The van der Waals surface area contributed by atoms with Crippen molar-refractivity contribution in [2.75, 3.05) is 26.2 Å². The Kier molecular flexibility index (Phi) is 6.38. The summed E-state index contributed by atoms with van der Waals surface area (Å²) in [6.07, 6.45) is 7.23. The summed E-state index contributed by atoms with van der Waals surface area (Å²) in [7, 11) is 0. The highest BCUT2D eigenvalue weighted by Crippen LogP contribution is 2.46. The quantitative estimate of drug-likeness (QED) is 0.718. The molecule has 5 nitrogen and oxygen atoms in total. The van der Waals surface area contributed by atoms with Gasteiger partial charge in [-0.15, -0.1) is 0 Å². The van der Waals surface area contributed by atoms with E-state index < -0.39 is 0 Å². The number of para-hydroxylation sites is 1. The van der Waals surface area contributed by atoms with E-state index in [0.29, 0.717) is 6.42 Å². The van der Waals surface area contributed by atoms with Crippen molar-refractivity contribution in [2.45, 2.75) is 57.6 Å². The smallest absolute Gasteiger partial charge is 0.223 e. The lowest BCUT2D eigenvalue weighted by atomic mass is 9.76. The normalized spacial score (nSPS) is 20.4. The first kappa shape index (κ1) is 20.9. The van der Waals surface area contributed by atoms with E-state index in [2.05, 4.69) is 54.1 Å². The Labute approximate surface area is 180 Å². The molecule has 4 rings (SSSR count). The lowest BCUT2D eigenvalue weighted by Gasteiger charge is -2.47. The van der Waals surface area contributed by atoms with Crippen LogP contribution < -0.4 is 4.74 Å². The molecule has 30 heavy (non-hydrogen) atoms. The van der Waals surface area contributed by atoms with Crippen molar-refractivity contribution in [3.63, 3.8) is 0 Å². The van der Waals surface area contributed by atoms with Crippen LogP contribution in [0.3, 0.4) is 0 Å². The number of hydrogen-bond acceptors (Lipinski definition) is 4. The van der Waals surface area contributed by atoms with Crippen molar-refractivity contribution in [2.24, 2.45) is 0 Å². The van der Waals surface area contributed by atoms with Crippen LogP contribution in [0.1, 0.15) is 56.6 Å². The molecule has 1 aromatic carbocycles. The van der Waals surface area contributed by atoms with E-state index in [9.17, 15) is 4.79 Å². The third kappa shape index (κ3) is 4.51. The number of aromatic nitrogens is 1. The van der Waals surface area contributed by atoms with Crippen LogP contribution in [0.5, 0.6) is 5.75 Å². The van der Waals surface area contributed by atoms with Gasteiger partial charge in [0.25, 0.3) is 0 Å². The number of carbonyl (C=O) groups excluding carboxylic acids is 1. The molecule has 1 saturated heterocycles. The van der Waals surface area contributed by atoms with Crippen molar-refractivity contribution in [3.05, 3.63) is 59.9 Å². The van der Waals surface area contributed by atoms with Crippen molar-refractivity contribution >= 4 is 5.91 Å². The van der Waals surface area contributed by atoms with Gasteiger partial charge < -0.3 is 9.64 Å². The summed E-state index contributed by atoms with van der Waals surface area (Å²) in [4.78, 5) is 21.4. The molecular weight excluding hydrogens is 374 g/mol. The average molecular weight is 408 g/mol. The van der Waals surface area contributed by atoms with E-state index in [0.717, 1.165) is 57.7 Å². The second kappa shape index (κ2) is 9.17. The molecule has 2 aliphatic heterocycles. The van der Waals surface area contributed by atoms with Gasteiger partial charge in [0, 0.05) is 57.5 Å². The monoisotopic (exact) mass is 407 g/mol. The van der Waals surface area contributed by atoms with Crippen LogP contribution in [0.2, 0.25) is 0 Å². The first-order chi connectivity index (χ1) is 14.6. The van der Waals surface area contributed by atoms with Gasteiger partial charge in [-0.1, -0.05) is 18.2 Å². The fourth-order valence-electron chi connectivity index (χ4n) is 5.01. The van der Waals surface area contributed by atoms with E-state index in [4.69, 9.17) is 4.74 Å². The minimum Gasteiger partial charge on any atom is -0.487 e. The van der Waals surface area contributed by atoms with Crippen molar-refractivity contribution in [3.8, 4) is 5.75 Å². The number of nitrogens with zero attached hydrogens (tertiary/aromatic N) is 3. The molecule has 0 unspecified atom stereocenters. The number of hydrogen-bond donors (Lipinski definition) is 0. The Bertz CT molecular complexity index is 842. The number of fused-ring (bicyclic) bond motifs is 1. The fourth-order valence-corrected chi connectivity index (χ4v) is 5.01. The number of benzene rings is 1. The van der Waals surface area contributed by atoms with E-state index in [-0.39, 0.29) is 17.4 Å². The van der Waals surface area contributed by atoms with Crippen LogP contribution in [0, 0.1) is 0 Å². The summed E-state index contributed by atoms with van der Waals surface area (Å²) >= 11 is 0. The molecule has 3 heterocycles. The minimum absolute atomic E-state index is 0.155. The Hall–Kier alpha value is -2.40. The summed E-state index contributed by atoms with van der Waals surface area (Å²) in [6, 6.07) is 12.5. The van der Waals surface area contributed by atoms with Gasteiger partial charge >= 0.3 is 0 Å². The van der Waals surface area contributed by atoms with E-state index in [1.54, 1.807) is 0 Å². The Balaban J connectivity index is 1.47. The van der Waals surface area contributed by atoms with Crippen LogP contribution in [-0.4, -0.2) is 52.5 Å². The first-order valence-electron chi connectivity index (χ1n) is 11.3. The molecule has 1 atom stereocenters. The summed E-state index contributed by atoms with van der Waals surface area (Å²) in [6.45, 7) is 8.64. The number of pyridine rings is 1. The third-order valence-electron chi connectivity index (χ3n) is 6.76. The first-order valence-corrected chi connectivity index (χ1v) is 11.3. The molecule has 2 aliphatic rings. The fraction of sp³-hybridized carbons (Fsp3) is 0.520. The number of carbonyl (C=O) groups is 1. The zero-order chi connectivity index (χ0) is 21.0. The van der Waals surface area contributed by atoms with Gasteiger partial charge in [-0.05, 0) is 62.4 Å². The summed E-state index contributed by atoms with van der Waals surface area (Å²) in [5.41, 5.74) is 2.35. The standard InChI is InChI=1S/C25H33N3O2/c1-3-28(4-2)24(29)17-21-18-25(30-23-8-6-5-7-22(21)23)11-15-27(16-12-25)19-20-9-13-26-14-10-20/h5-10,13-14,21H,3-4,11-12,15-19H2,1-2H3/t21-/m0/s1. The topological polar surface area (TPSA) is 45.7 Å². The van der Waals surface area contributed by atoms with Gasteiger partial charge in [0.2, 0.25) is 5.91 Å². The molecule has 1 amide bonds. The van der Waals surface area contributed by atoms with E-state index >= 15 is 0 Å². The van der Waals surface area contributed by atoms with Crippen LogP contribution in [0.15, 0.2) is 48.8 Å². The van der Waals surface area contributed by atoms with Gasteiger partial charge in [0.1, 0.15) is 11.4 Å². The third-order valence-corrected chi connectivity index (χ3v) is 6.76. The molecule has 160 valence electrons. The van der Waals surface area contributed by atoms with Crippen LogP contribution in [0.4, 0.5) is 0 Å². The number of amides is 1. The highest BCUT2D eigenvalue weighted by molar-refractivity contribution is 5.77. The maximum Gasteiger partial charge on any atom is 0.223 e. The van der Waals surface area contributed by atoms with Gasteiger partial charge in [-0.2, -0.15) is 0 Å². The Morgan fingerprint density at radius 3 is 2.53 bits per heavy atom. The molecule has 0 radical (unpaired) electrons. The molecular formula is C25H33N3O2. The lowest BCUT2D eigenvalue weighted by Crippen LogP contribution is -2.50. The van der Waals surface area contributed by atoms with Crippen LogP contribution in [0.25, 0.3) is 0 Å². The van der Waals surface area contributed by atoms with Gasteiger partial charge in [-0.25, -0.2) is 0 Å². The predicted molar refractivity (Wildman–Crippen MR) is 118 cm³/mol. The molecule has 5 heteroatoms. The van der Waals surface area contributed by atoms with Gasteiger partial charge in [0.05, 0.1) is 0 Å². The van der Waals surface area contributed by atoms with E-state index in [1.807, 2.05) is 23.4 Å². The second-order valence-electron chi connectivity index (χ2n) is 8.63. The Morgan fingerprint density at radius 2 is 1.83 bits per heavy atom. The van der Waals surface area contributed by atoms with Gasteiger partial charge in [-0.3, -0.25) is 14.7 Å². The van der Waals surface area contributed by atoms with Crippen molar-refractivity contribution in [1.29, 1.82) is 0 Å². The van der Waals surface area contributed by atoms with Crippen LogP contribution in [-0.2, 0) is 11.3 Å². The number of likely N-dealkylation sites (tertiary alicyclic amines) is 1. The number of piperidine rings is 1. The largest absolute Gasteiger partial charge is 0.487 e. The molecule has 0 N–H and O–H groups in total. The maximum absolute atomic E-state index is 12.9. The molecule has 0 saturated carbocycles. The summed E-state index contributed by atoms with van der Waals surface area (Å²) in [5.74, 6) is 1.46. The average Bonchev–Trinajstić information content (AvgIpc) is 2.77. The molecule has 1 aromatic heterocycles. The highest BCUT2D eigenvalue weighted by Gasteiger charge is 2.43.